The van der Waals surface area contributed by atoms with Crippen molar-refractivity contribution in [2.45, 2.75) is 25.9 Å². The highest BCUT2D eigenvalue weighted by Gasteiger charge is 2.35. The largest absolute Gasteiger partial charge is 0.450 e. The summed E-state index contributed by atoms with van der Waals surface area (Å²) in [7, 11) is 0. The molecule has 1 aliphatic heterocycles. The molecule has 0 bridgehead atoms. The molecule has 0 aliphatic carbocycles. The SMILES string of the molecule is CCOC(=O)N1CCC(C(=O)Nc2ccc(Cl)cc2C(F)(F)F)CC1. The molecule has 138 valence electrons. The van der Waals surface area contributed by atoms with Crippen molar-refractivity contribution in [2.75, 3.05) is 25.0 Å². The number of alkyl halides is 3. The van der Waals surface area contributed by atoms with E-state index in [2.05, 4.69) is 5.32 Å². The van der Waals surface area contributed by atoms with E-state index in [0.29, 0.717) is 25.9 Å². The lowest BCUT2D eigenvalue weighted by atomic mass is 9.96. The predicted octanol–water partition coefficient (Wildman–Crippen LogP) is 4.17. The number of nitrogens with zero attached hydrogens (tertiary/aromatic N) is 1. The Bertz CT molecular complexity index is 644. The number of nitrogens with one attached hydrogen (secondary N) is 1. The molecule has 1 aromatic rings. The van der Waals surface area contributed by atoms with Crippen LogP contribution in [-0.2, 0) is 15.7 Å². The molecule has 25 heavy (non-hydrogen) atoms. The van der Waals surface area contributed by atoms with Crippen molar-refractivity contribution in [3.63, 3.8) is 0 Å². The average Bonchev–Trinajstić information content (AvgIpc) is 2.56. The number of halogens is 4. The van der Waals surface area contributed by atoms with E-state index in [4.69, 9.17) is 16.3 Å². The summed E-state index contributed by atoms with van der Waals surface area (Å²) in [6.45, 7) is 2.60. The van der Waals surface area contributed by atoms with Gasteiger partial charge in [-0.2, -0.15) is 13.2 Å². The molecular weight excluding hydrogens is 361 g/mol. The zero-order chi connectivity index (χ0) is 18.6. The molecule has 1 N–H and O–H groups in total. The Labute approximate surface area is 148 Å². The lowest BCUT2D eigenvalue weighted by Gasteiger charge is -2.30. The maximum atomic E-state index is 13.1. The van der Waals surface area contributed by atoms with E-state index in [1.54, 1.807) is 6.92 Å². The number of carbonyl (C=O) groups excluding carboxylic acids is 2. The molecule has 1 aromatic carbocycles. The lowest BCUT2D eigenvalue weighted by Crippen LogP contribution is -2.41. The first-order chi connectivity index (χ1) is 11.7. The summed E-state index contributed by atoms with van der Waals surface area (Å²) in [4.78, 5) is 25.4. The zero-order valence-corrected chi connectivity index (χ0v) is 14.3. The summed E-state index contributed by atoms with van der Waals surface area (Å²) >= 11 is 5.62. The van der Waals surface area contributed by atoms with Crippen LogP contribution in [0.2, 0.25) is 5.02 Å². The monoisotopic (exact) mass is 378 g/mol. The van der Waals surface area contributed by atoms with Crippen molar-refractivity contribution in [2.24, 2.45) is 5.92 Å². The summed E-state index contributed by atoms with van der Waals surface area (Å²) in [5.41, 5.74) is -1.31. The predicted molar refractivity (Wildman–Crippen MR) is 86.4 cm³/mol. The molecule has 0 saturated carbocycles. The fourth-order valence-corrected chi connectivity index (χ4v) is 2.81. The van der Waals surface area contributed by atoms with Crippen LogP contribution in [0.15, 0.2) is 18.2 Å². The standard InChI is InChI=1S/C16H18ClF3N2O3/c1-2-25-15(24)22-7-5-10(6-8-22)14(23)21-13-4-3-11(17)9-12(13)16(18,19)20/h3-4,9-10H,2,5-8H2,1H3,(H,21,23). The number of anilines is 1. The molecule has 0 radical (unpaired) electrons. The van der Waals surface area contributed by atoms with Gasteiger partial charge in [-0.05, 0) is 38.0 Å². The first-order valence-corrected chi connectivity index (χ1v) is 8.19. The van der Waals surface area contributed by atoms with Crippen LogP contribution in [0.4, 0.5) is 23.7 Å². The van der Waals surface area contributed by atoms with Gasteiger partial charge in [-0.25, -0.2) is 4.79 Å². The van der Waals surface area contributed by atoms with Gasteiger partial charge in [0.1, 0.15) is 0 Å². The number of carbonyl (C=O) groups is 2. The second-order valence-electron chi connectivity index (χ2n) is 5.64. The Kier molecular flexibility index (Phi) is 6.16. The maximum Gasteiger partial charge on any atom is 0.418 e. The molecule has 1 heterocycles. The molecule has 0 aromatic heterocycles. The van der Waals surface area contributed by atoms with E-state index in [0.717, 1.165) is 12.1 Å². The van der Waals surface area contributed by atoms with Gasteiger partial charge in [0.15, 0.2) is 0 Å². The van der Waals surface area contributed by atoms with Crippen LogP contribution >= 0.6 is 11.6 Å². The number of rotatable bonds is 3. The molecule has 1 saturated heterocycles. The molecule has 9 heteroatoms. The minimum Gasteiger partial charge on any atom is -0.450 e. The Morgan fingerprint density at radius 1 is 1.32 bits per heavy atom. The van der Waals surface area contributed by atoms with Gasteiger partial charge in [0.2, 0.25) is 5.91 Å². The van der Waals surface area contributed by atoms with Crippen LogP contribution in [0.25, 0.3) is 0 Å². The summed E-state index contributed by atoms with van der Waals surface area (Å²) < 4.78 is 44.1. The van der Waals surface area contributed by atoms with Gasteiger partial charge in [0.25, 0.3) is 0 Å². The maximum absolute atomic E-state index is 13.1. The van der Waals surface area contributed by atoms with E-state index in [9.17, 15) is 22.8 Å². The van der Waals surface area contributed by atoms with E-state index in [1.807, 2.05) is 0 Å². The van der Waals surface area contributed by atoms with Gasteiger partial charge >= 0.3 is 12.3 Å². The summed E-state index contributed by atoms with van der Waals surface area (Å²) in [5.74, 6) is -0.973. The van der Waals surface area contributed by atoms with E-state index in [-0.39, 0.29) is 17.3 Å². The molecular formula is C16H18ClF3N2O3. The van der Waals surface area contributed by atoms with Gasteiger partial charge in [0, 0.05) is 24.0 Å². The fourth-order valence-electron chi connectivity index (χ4n) is 2.63. The third-order valence-electron chi connectivity index (χ3n) is 3.94. The molecule has 1 fully saturated rings. The minimum absolute atomic E-state index is 0.0620. The molecule has 2 amide bonds. The zero-order valence-electron chi connectivity index (χ0n) is 13.5. The smallest absolute Gasteiger partial charge is 0.418 e. The third-order valence-corrected chi connectivity index (χ3v) is 4.17. The summed E-state index contributed by atoms with van der Waals surface area (Å²) in [5, 5.41) is 2.27. The van der Waals surface area contributed by atoms with Crippen molar-refractivity contribution >= 4 is 29.3 Å². The van der Waals surface area contributed by atoms with E-state index < -0.39 is 29.7 Å². The first-order valence-electron chi connectivity index (χ1n) is 7.81. The number of hydrogen-bond acceptors (Lipinski definition) is 3. The highest BCUT2D eigenvalue weighted by molar-refractivity contribution is 6.30. The van der Waals surface area contributed by atoms with Crippen molar-refractivity contribution in [1.82, 2.24) is 4.90 Å². The quantitative estimate of drug-likeness (QED) is 0.859. The number of hydrogen-bond donors (Lipinski definition) is 1. The van der Waals surface area contributed by atoms with E-state index >= 15 is 0 Å². The van der Waals surface area contributed by atoms with Crippen molar-refractivity contribution in [3.05, 3.63) is 28.8 Å². The Hall–Kier alpha value is -1.96. The lowest BCUT2D eigenvalue weighted by molar-refractivity contribution is -0.137. The second kappa shape index (κ2) is 7.95. The highest BCUT2D eigenvalue weighted by atomic mass is 35.5. The van der Waals surface area contributed by atoms with Crippen molar-refractivity contribution in [3.8, 4) is 0 Å². The van der Waals surface area contributed by atoms with Crippen LogP contribution in [-0.4, -0.2) is 36.6 Å². The van der Waals surface area contributed by atoms with Gasteiger partial charge < -0.3 is 15.0 Å². The Balaban J connectivity index is 2.01. The fraction of sp³-hybridized carbons (Fsp3) is 0.500. The van der Waals surface area contributed by atoms with Crippen molar-refractivity contribution in [1.29, 1.82) is 0 Å². The Morgan fingerprint density at radius 3 is 2.52 bits per heavy atom. The van der Waals surface area contributed by atoms with Crippen LogP contribution < -0.4 is 5.32 Å². The topological polar surface area (TPSA) is 58.6 Å². The second-order valence-corrected chi connectivity index (χ2v) is 6.07. The first kappa shape index (κ1) is 19.4. The van der Waals surface area contributed by atoms with Crippen LogP contribution in [0.1, 0.15) is 25.3 Å². The number of benzene rings is 1. The minimum atomic E-state index is -4.62. The molecule has 0 unspecified atom stereocenters. The molecule has 0 atom stereocenters. The number of piperidine rings is 1. The van der Waals surface area contributed by atoms with Crippen LogP contribution in [0.5, 0.6) is 0 Å². The summed E-state index contributed by atoms with van der Waals surface area (Å²) in [6, 6.07) is 3.20. The molecule has 5 nitrogen and oxygen atoms in total. The molecule has 2 rings (SSSR count). The third kappa shape index (κ3) is 5.01. The van der Waals surface area contributed by atoms with Gasteiger partial charge in [-0.15, -0.1) is 0 Å². The number of ether oxygens (including phenoxy) is 1. The molecule has 0 spiro atoms. The van der Waals surface area contributed by atoms with Crippen molar-refractivity contribution < 1.29 is 27.5 Å². The Morgan fingerprint density at radius 2 is 1.96 bits per heavy atom. The van der Waals surface area contributed by atoms with Crippen LogP contribution in [0.3, 0.4) is 0 Å². The van der Waals surface area contributed by atoms with Gasteiger partial charge in [-0.1, -0.05) is 11.6 Å². The highest BCUT2D eigenvalue weighted by Crippen LogP contribution is 2.37. The average molecular weight is 379 g/mol. The van der Waals surface area contributed by atoms with E-state index in [1.165, 1.54) is 11.0 Å². The summed E-state index contributed by atoms with van der Waals surface area (Å²) in [6.07, 6.45) is -4.35. The van der Waals surface area contributed by atoms with Gasteiger partial charge in [-0.3, -0.25) is 4.79 Å². The van der Waals surface area contributed by atoms with Gasteiger partial charge in [0.05, 0.1) is 17.9 Å². The molecule has 1 aliphatic rings. The van der Waals surface area contributed by atoms with Crippen LogP contribution in [0, 0.1) is 5.92 Å². The number of likely N-dealkylation sites (tertiary alicyclic amines) is 1. The number of amides is 2. The normalized spacial score (nSPS) is 15.8.